The monoisotopic (exact) mass is 234 g/mol. The van der Waals surface area contributed by atoms with Crippen molar-refractivity contribution in [3.63, 3.8) is 0 Å². The molecular weight excluding hydrogens is 232 g/mol. The number of carboxylic acid groups (broad SMARTS) is 1. The summed E-state index contributed by atoms with van der Waals surface area (Å²) in [4.78, 5) is 37.8. The maximum atomic E-state index is 11.3. The van der Waals surface area contributed by atoms with E-state index < -0.39 is 34.5 Å². The fourth-order valence-corrected chi connectivity index (χ4v) is 1.09. The number of Topliss-reactive ketones (excluding diaryl/α,β-unsaturated/α-hetero) is 1. The summed E-state index contributed by atoms with van der Waals surface area (Å²) in [6.07, 6.45) is 0.571. The fraction of sp³-hybridized carbons (Fsp3) is 0. The van der Waals surface area contributed by atoms with E-state index >= 15 is 0 Å². The largest absolute Gasteiger partial charge is 0.478 e. The summed E-state index contributed by atoms with van der Waals surface area (Å²) in [5.41, 5.74) is 14.1. The molecule has 0 saturated carbocycles. The minimum atomic E-state index is -1.65. The SMILES string of the molecule is [N-]=[N+]=NC1=CC(=O)C(=O)C(N=[N+]=[N-])=C1C(=O)O. The lowest BCUT2D eigenvalue weighted by Gasteiger charge is -2.10. The van der Waals surface area contributed by atoms with Crippen LogP contribution in [0.15, 0.2) is 33.3 Å². The zero-order valence-electron chi connectivity index (χ0n) is 7.93. The Morgan fingerprint density at radius 3 is 2.29 bits per heavy atom. The molecule has 0 aromatic heterocycles. The van der Waals surface area contributed by atoms with Gasteiger partial charge in [-0.2, -0.15) is 0 Å². The molecule has 10 heteroatoms. The van der Waals surface area contributed by atoms with Gasteiger partial charge in [0, 0.05) is 9.82 Å². The molecule has 0 bridgehead atoms. The van der Waals surface area contributed by atoms with Gasteiger partial charge in [0.2, 0.25) is 11.6 Å². The predicted molar refractivity (Wildman–Crippen MR) is 51.1 cm³/mol. The van der Waals surface area contributed by atoms with Gasteiger partial charge in [-0.3, -0.25) is 9.59 Å². The van der Waals surface area contributed by atoms with Gasteiger partial charge < -0.3 is 5.11 Å². The van der Waals surface area contributed by atoms with Gasteiger partial charge in [0.1, 0.15) is 5.70 Å². The van der Waals surface area contributed by atoms with Crippen LogP contribution in [0.2, 0.25) is 0 Å². The number of azide groups is 2. The van der Waals surface area contributed by atoms with E-state index in [1.807, 2.05) is 0 Å². The number of rotatable bonds is 3. The molecule has 0 aliphatic heterocycles. The van der Waals surface area contributed by atoms with E-state index in [0.717, 1.165) is 0 Å². The minimum Gasteiger partial charge on any atom is -0.478 e. The summed E-state index contributed by atoms with van der Waals surface area (Å²) in [5, 5.41) is 14.6. The Bertz CT molecular complexity index is 587. The third-order valence-electron chi connectivity index (χ3n) is 1.71. The van der Waals surface area contributed by atoms with Gasteiger partial charge in [-0.15, -0.1) is 0 Å². The molecule has 1 N–H and O–H groups in total. The minimum absolute atomic E-state index is 0.571. The Balaban J connectivity index is 3.63. The zero-order valence-corrected chi connectivity index (χ0v) is 7.93. The molecule has 1 aliphatic rings. The second kappa shape index (κ2) is 4.62. The van der Waals surface area contributed by atoms with E-state index in [2.05, 4.69) is 20.1 Å². The molecule has 1 aliphatic carbocycles. The highest BCUT2D eigenvalue weighted by atomic mass is 16.4. The molecule has 0 radical (unpaired) electrons. The highest BCUT2D eigenvalue weighted by molar-refractivity contribution is 6.49. The maximum absolute atomic E-state index is 11.3. The second-order valence-electron chi connectivity index (χ2n) is 2.63. The lowest BCUT2D eigenvalue weighted by molar-refractivity contribution is -0.134. The van der Waals surface area contributed by atoms with E-state index in [0.29, 0.717) is 6.08 Å². The van der Waals surface area contributed by atoms with Gasteiger partial charge in [0.05, 0.1) is 11.3 Å². The first-order chi connectivity index (χ1) is 8.02. The van der Waals surface area contributed by atoms with Crippen molar-refractivity contribution in [3.05, 3.63) is 43.9 Å². The quantitative estimate of drug-likeness (QED) is 0.252. The van der Waals surface area contributed by atoms with E-state index in [-0.39, 0.29) is 0 Å². The number of hydrogen-bond acceptors (Lipinski definition) is 5. The van der Waals surface area contributed by atoms with E-state index in [9.17, 15) is 14.4 Å². The van der Waals surface area contributed by atoms with E-state index in [4.69, 9.17) is 16.2 Å². The molecule has 0 spiro atoms. The van der Waals surface area contributed by atoms with Crippen molar-refractivity contribution in [2.24, 2.45) is 10.2 Å². The third kappa shape index (κ3) is 2.12. The number of carbonyl (C=O) groups is 3. The summed E-state index contributed by atoms with van der Waals surface area (Å²) in [6, 6.07) is 0. The summed E-state index contributed by atoms with van der Waals surface area (Å²) in [6.45, 7) is 0. The first kappa shape index (κ1) is 12.0. The molecule has 84 valence electrons. The highest BCUT2D eigenvalue weighted by Gasteiger charge is 2.31. The molecule has 0 aromatic carbocycles. The van der Waals surface area contributed by atoms with Gasteiger partial charge >= 0.3 is 5.97 Å². The van der Waals surface area contributed by atoms with Crippen LogP contribution in [0.1, 0.15) is 0 Å². The maximum Gasteiger partial charge on any atom is 0.336 e. The highest BCUT2D eigenvalue weighted by Crippen LogP contribution is 2.24. The van der Waals surface area contributed by atoms with Crippen molar-refractivity contribution < 1.29 is 19.5 Å². The van der Waals surface area contributed by atoms with E-state index in [1.54, 1.807) is 0 Å². The van der Waals surface area contributed by atoms with Gasteiger partial charge in [-0.1, -0.05) is 10.2 Å². The number of carboxylic acids is 1. The van der Waals surface area contributed by atoms with Crippen LogP contribution >= 0.6 is 0 Å². The van der Waals surface area contributed by atoms with Crippen LogP contribution in [-0.2, 0) is 14.4 Å². The number of aliphatic carboxylic acids is 1. The summed E-state index contributed by atoms with van der Waals surface area (Å²) < 4.78 is 0. The van der Waals surface area contributed by atoms with Crippen molar-refractivity contribution in [1.82, 2.24) is 0 Å². The van der Waals surface area contributed by atoms with Crippen LogP contribution in [0.3, 0.4) is 0 Å². The molecule has 17 heavy (non-hydrogen) atoms. The van der Waals surface area contributed by atoms with Gasteiger partial charge in [0.15, 0.2) is 0 Å². The average Bonchev–Trinajstić information content (AvgIpc) is 2.25. The smallest absolute Gasteiger partial charge is 0.336 e. The Morgan fingerprint density at radius 2 is 1.82 bits per heavy atom. The Hall–Kier alpha value is -3.09. The van der Waals surface area contributed by atoms with Gasteiger partial charge in [-0.25, -0.2) is 4.79 Å². The molecule has 0 heterocycles. The van der Waals surface area contributed by atoms with Crippen LogP contribution in [0.25, 0.3) is 20.9 Å². The van der Waals surface area contributed by atoms with Crippen LogP contribution in [0.4, 0.5) is 0 Å². The normalized spacial score (nSPS) is 14.7. The topological polar surface area (TPSA) is 169 Å². The Labute approximate surface area is 92.1 Å². The van der Waals surface area contributed by atoms with Crippen molar-refractivity contribution in [1.29, 1.82) is 0 Å². The van der Waals surface area contributed by atoms with Crippen LogP contribution < -0.4 is 0 Å². The number of allylic oxidation sites excluding steroid dienone is 2. The number of hydrogen-bond donors (Lipinski definition) is 1. The van der Waals surface area contributed by atoms with Crippen molar-refractivity contribution in [3.8, 4) is 0 Å². The number of nitrogens with zero attached hydrogens (tertiary/aromatic N) is 6. The number of ketones is 2. The third-order valence-corrected chi connectivity index (χ3v) is 1.71. The summed E-state index contributed by atoms with van der Waals surface area (Å²) in [5.74, 6) is -4.04. The molecule has 0 amide bonds. The van der Waals surface area contributed by atoms with Crippen LogP contribution in [-0.4, -0.2) is 22.6 Å². The Morgan fingerprint density at radius 1 is 1.24 bits per heavy atom. The molecule has 0 unspecified atom stereocenters. The van der Waals surface area contributed by atoms with E-state index in [1.165, 1.54) is 0 Å². The van der Waals surface area contributed by atoms with Gasteiger partial charge in [0.25, 0.3) is 0 Å². The molecule has 1 rings (SSSR count). The molecule has 10 nitrogen and oxygen atoms in total. The standard InChI is InChI=1S/C7H2N6O4/c8-12-10-2-1-3(14)6(15)5(11-13-9)4(2)7(16)17/h1H,(H,16,17). The van der Waals surface area contributed by atoms with Crippen molar-refractivity contribution in [2.75, 3.05) is 0 Å². The van der Waals surface area contributed by atoms with Crippen LogP contribution in [0.5, 0.6) is 0 Å². The molecule has 0 fully saturated rings. The van der Waals surface area contributed by atoms with Gasteiger partial charge in [-0.05, 0) is 17.1 Å². The Kier molecular flexibility index (Phi) is 3.26. The second-order valence-corrected chi connectivity index (χ2v) is 2.63. The lowest BCUT2D eigenvalue weighted by atomic mass is 9.98. The fourth-order valence-electron chi connectivity index (χ4n) is 1.09. The zero-order chi connectivity index (χ0) is 13.0. The van der Waals surface area contributed by atoms with Crippen LogP contribution in [0, 0.1) is 0 Å². The van der Waals surface area contributed by atoms with Crippen molar-refractivity contribution >= 4 is 17.5 Å². The average molecular weight is 234 g/mol. The lowest BCUT2D eigenvalue weighted by Crippen LogP contribution is -2.23. The summed E-state index contributed by atoms with van der Waals surface area (Å²) >= 11 is 0. The molecular formula is C7H2N6O4. The molecule has 0 aromatic rings. The first-order valence-electron chi connectivity index (χ1n) is 3.91. The predicted octanol–water partition coefficient (Wildman–Crippen LogP) is 0.981. The summed E-state index contributed by atoms with van der Waals surface area (Å²) in [7, 11) is 0. The molecule has 0 atom stereocenters. The first-order valence-corrected chi connectivity index (χ1v) is 3.91. The number of carbonyl (C=O) groups excluding carboxylic acids is 2. The molecule has 0 saturated heterocycles. The van der Waals surface area contributed by atoms with Crippen molar-refractivity contribution in [2.45, 2.75) is 0 Å².